The highest BCUT2D eigenvalue weighted by molar-refractivity contribution is 6.30. The van der Waals surface area contributed by atoms with E-state index in [-0.39, 0.29) is 0 Å². The molecule has 0 saturated carbocycles. The standard InChI is InChI=1S/C14H20ClN/c1-10(2)12-7-13(9-14(15)8-12)11-3-5-16-6-4-11/h7-11,16H,3-6H2,1-2H3. The van der Waals surface area contributed by atoms with E-state index in [0.29, 0.717) is 11.8 Å². The summed E-state index contributed by atoms with van der Waals surface area (Å²) in [6.45, 7) is 6.71. The molecule has 88 valence electrons. The van der Waals surface area contributed by atoms with Crippen molar-refractivity contribution < 1.29 is 0 Å². The Kier molecular flexibility index (Phi) is 3.88. The molecule has 1 heterocycles. The first-order chi connectivity index (χ1) is 7.66. The topological polar surface area (TPSA) is 12.0 Å². The predicted molar refractivity (Wildman–Crippen MR) is 70.4 cm³/mol. The predicted octanol–water partition coefficient (Wildman–Crippen LogP) is 3.93. The lowest BCUT2D eigenvalue weighted by atomic mass is 9.88. The molecule has 1 nitrogen and oxygen atoms in total. The van der Waals surface area contributed by atoms with Crippen LogP contribution in [-0.4, -0.2) is 13.1 Å². The second-order valence-corrected chi connectivity index (χ2v) is 5.43. The van der Waals surface area contributed by atoms with E-state index in [0.717, 1.165) is 18.1 Å². The zero-order valence-corrected chi connectivity index (χ0v) is 10.8. The fraction of sp³-hybridized carbons (Fsp3) is 0.571. The van der Waals surface area contributed by atoms with Crippen LogP contribution in [0, 0.1) is 0 Å². The highest BCUT2D eigenvalue weighted by atomic mass is 35.5. The summed E-state index contributed by atoms with van der Waals surface area (Å²) in [4.78, 5) is 0. The Balaban J connectivity index is 2.25. The van der Waals surface area contributed by atoms with Gasteiger partial charge in [-0.3, -0.25) is 0 Å². The van der Waals surface area contributed by atoms with Crippen LogP contribution >= 0.6 is 11.6 Å². The van der Waals surface area contributed by atoms with Gasteiger partial charge in [0.25, 0.3) is 0 Å². The minimum Gasteiger partial charge on any atom is -0.317 e. The average Bonchev–Trinajstić information content (AvgIpc) is 2.29. The van der Waals surface area contributed by atoms with Gasteiger partial charge in [-0.25, -0.2) is 0 Å². The first-order valence-electron chi connectivity index (χ1n) is 6.18. The van der Waals surface area contributed by atoms with Crippen molar-refractivity contribution in [2.75, 3.05) is 13.1 Å². The highest BCUT2D eigenvalue weighted by Crippen LogP contribution is 2.30. The second kappa shape index (κ2) is 5.20. The summed E-state index contributed by atoms with van der Waals surface area (Å²) in [7, 11) is 0. The fourth-order valence-corrected chi connectivity index (χ4v) is 2.61. The van der Waals surface area contributed by atoms with Crippen LogP contribution in [0.2, 0.25) is 5.02 Å². The molecule has 0 amide bonds. The number of benzene rings is 1. The minimum atomic E-state index is 0.555. The molecule has 2 heteroatoms. The van der Waals surface area contributed by atoms with Gasteiger partial charge in [0.1, 0.15) is 0 Å². The van der Waals surface area contributed by atoms with Gasteiger partial charge in [0.05, 0.1) is 0 Å². The third-order valence-electron chi connectivity index (χ3n) is 3.42. The Hall–Kier alpha value is -0.530. The highest BCUT2D eigenvalue weighted by Gasteiger charge is 2.16. The molecule has 0 radical (unpaired) electrons. The number of halogens is 1. The van der Waals surface area contributed by atoms with E-state index in [4.69, 9.17) is 11.6 Å². The molecule has 1 aliphatic rings. The van der Waals surface area contributed by atoms with E-state index < -0.39 is 0 Å². The lowest BCUT2D eigenvalue weighted by Gasteiger charge is -2.24. The van der Waals surface area contributed by atoms with Crippen molar-refractivity contribution in [2.45, 2.75) is 38.5 Å². The lowest BCUT2D eigenvalue weighted by Crippen LogP contribution is -2.26. The molecule has 2 rings (SSSR count). The molecule has 1 aliphatic heterocycles. The van der Waals surface area contributed by atoms with Crippen molar-refractivity contribution in [3.63, 3.8) is 0 Å². The van der Waals surface area contributed by atoms with Gasteiger partial charge in [0, 0.05) is 5.02 Å². The number of nitrogens with one attached hydrogen (secondary N) is 1. The van der Waals surface area contributed by atoms with Gasteiger partial charge in [0.2, 0.25) is 0 Å². The second-order valence-electron chi connectivity index (χ2n) is 5.00. The summed E-state index contributed by atoms with van der Waals surface area (Å²) in [5.74, 6) is 1.25. The lowest BCUT2D eigenvalue weighted by molar-refractivity contribution is 0.460. The molecule has 0 aromatic heterocycles. The van der Waals surface area contributed by atoms with Crippen LogP contribution in [0.4, 0.5) is 0 Å². The smallest absolute Gasteiger partial charge is 0.0411 e. The van der Waals surface area contributed by atoms with Gasteiger partial charge in [-0.15, -0.1) is 0 Å². The zero-order valence-electron chi connectivity index (χ0n) is 10.1. The molecule has 0 bridgehead atoms. The van der Waals surface area contributed by atoms with Gasteiger partial charge >= 0.3 is 0 Å². The Bertz CT molecular complexity index is 354. The van der Waals surface area contributed by atoms with Crippen molar-refractivity contribution >= 4 is 11.6 Å². The third kappa shape index (κ3) is 2.78. The first kappa shape index (κ1) is 11.9. The molecule has 0 unspecified atom stereocenters. The largest absolute Gasteiger partial charge is 0.317 e. The Labute approximate surface area is 103 Å². The summed E-state index contributed by atoms with van der Waals surface area (Å²) in [5.41, 5.74) is 2.79. The van der Waals surface area contributed by atoms with E-state index in [1.54, 1.807) is 0 Å². The molecule has 0 atom stereocenters. The van der Waals surface area contributed by atoms with Gasteiger partial charge in [-0.2, -0.15) is 0 Å². The number of hydrogen-bond donors (Lipinski definition) is 1. The first-order valence-corrected chi connectivity index (χ1v) is 6.55. The van der Waals surface area contributed by atoms with Gasteiger partial charge in [-0.1, -0.05) is 31.5 Å². The van der Waals surface area contributed by atoms with Crippen LogP contribution in [0.15, 0.2) is 18.2 Å². The number of rotatable bonds is 2. The number of hydrogen-bond acceptors (Lipinski definition) is 1. The van der Waals surface area contributed by atoms with Gasteiger partial charge in [-0.05, 0) is 61.0 Å². The van der Waals surface area contributed by atoms with E-state index >= 15 is 0 Å². The van der Waals surface area contributed by atoms with Crippen molar-refractivity contribution in [1.82, 2.24) is 5.32 Å². The van der Waals surface area contributed by atoms with Crippen molar-refractivity contribution in [3.8, 4) is 0 Å². The maximum Gasteiger partial charge on any atom is 0.0411 e. The van der Waals surface area contributed by atoms with Crippen LogP contribution in [0.1, 0.15) is 49.7 Å². The van der Waals surface area contributed by atoms with E-state index in [1.807, 2.05) is 0 Å². The SMILES string of the molecule is CC(C)c1cc(Cl)cc(C2CCNCC2)c1. The molecule has 1 aromatic rings. The summed E-state index contributed by atoms with van der Waals surface area (Å²) in [6.07, 6.45) is 2.47. The molecule has 1 aromatic carbocycles. The van der Waals surface area contributed by atoms with E-state index in [2.05, 4.69) is 37.4 Å². The van der Waals surface area contributed by atoms with Crippen LogP contribution < -0.4 is 5.32 Å². The minimum absolute atomic E-state index is 0.555. The van der Waals surface area contributed by atoms with Crippen molar-refractivity contribution in [2.24, 2.45) is 0 Å². The van der Waals surface area contributed by atoms with Crippen LogP contribution in [-0.2, 0) is 0 Å². The van der Waals surface area contributed by atoms with Crippen LogP contribution in [0.3, 0.4) is 0 Å². The molecule has 16 heavy (non-hydrogen) atoms. The normalized spacial score (nSPS) is 18.0. The maximum atomic E-state index is 6.20. The van der Waals surface area contributed by atoms with Gasteiger partial charge < -0.3 is 5.32 Å². The number of piperidine rings is 1. The Morgan fingerprint density at radius 1 is 1.19 bits per heavy atom. The van der Waals surface area contributed by atoms with Crippen LogP contribution in [0.5, 0.6) is 0 Å². The molecule has 1 fully saturated rings. The monoisotopic (exact) mass is 237 g/mol. The van der Waals surface area contributed by atoms with E-state index in [1.165, 1.54) is 24.0 Å². The maximum absolute atomic E-state index is 6.20. The quantitative estimate of drug-likeness (QED) is 0.822. The van der Waals surface area contributed by atoms with Crippen LogP contribution in [0.25, 0.3) is 0 Å². The molecule has 1 N–H and O–H groups in total. The van der Waals surface area contributed by atoms with Crippen molar-refractivity contribution in [1.29, 1.82) is 0 Å². The zero-order chi connectivity index (χ0) is 11.5. The van der Waals surface area contributed by atoms with E-state index in [9.17, 15) is 0 Å². The van der Waals surface area contributed by atoms with Crippen molar-refractivity contribution in [3.05, 3.63) is 34.3 Å². The fourth-order valence-electron chi connectivity index (χ4n) is 2.36. The molecular weight excluding hydrogens is 218 g/mol. The summed E-state index contributed by atoms with van der Waals surface area (Å²) >= 11 is 6.20. The molecular formula is C14H20ClN. The average molecular weight is 238 g/mol. The Morgan fingerprint density at radius 3 is 2.50 bits per heavy atom. The summed E-state index contributed by atoms with van der Waals surface area (Å²) in [6, 6.07) is 6.58. The summed E-state index contributed by atoms with van der Waals surface area (Å²) < 4.78 is 0. The molecule has 0 aliphatic carbocycles. The molecule has 1 saturated heterocycles. The molecule has 0 spiro atoms. The Morgan fingerprint density at radius 2 is 1.88 bits per heavy atom. The summed E-state index contributed by atoms with van der Waals surface area (Å²) in [5, 5.41) is 4.29. The third-order valence-corrected chi connectivity index (χ3v) is 3.64. The van der Waals surface area contributed by atoms with Gasteiger partial charge in [0.15, 0.2) is 0 Å².